The zero-order valence-electron chi connectivity index (χ0n) is 7.82. The van der Waals surface area contributed by atoms with Gasteiger partial charge in [-0.3, -0.25) is 4.99 Å². The second kappa shape index (κ2) is 4.45. The van der Waals surface area contributed by atoms with Gasteiger partial charge in [0.05, 0.1) is 11.4 Å². The highest BCUT2D eigenvalue weighted by molar-refractivity contribution is 5.81. The van der Waals surface area contributed by atoms with Crippen molar-refractivity contribution < 1.29 is 4.52 Å². The van der Waals surface area contributed by atoms with Crippen molar-refractivity contribution >= 4 is 11.9 Å². The number of aliphatic imine (C=N–C) groups is 1. The molecule has 1 heterocycles. The van der Waals surface area contributed by atoms with E-state index < -0.39 is 0 Å². The third kappa shape index (κ3) is 2.43. The quantitative estimate of drug-likeness (QED) is 0.710. The van der Waals surface area contributed by atoms with Gasteiger partial charge in [0.15, 0.2) is 5.76 Å². The van der Waals surface area contributed by atoms with Crippen LogP contribution >= 0.6 is 0 Å². The van der Waals surface area contributed by atoms with Gasteiger partial charge in [0.25, 0.3) is 0 Å². The number of rotatable bonds is 3. The van der Waals surface area contributed by atoms with E-state index in [1.54, 1.807) is 19.3 Å². The number of hydrogen-bond acceptors (Lipinski definition) is 4. The molecule has 0 fully saturated rings. The summed E-state index contributed by atoms with van der Waals surface area (Å²) in [5, 5.41) is 3.82. The molecule has 0 atom stereocenters. The summed E-state index contributed by atoms with van der Waals surface area (Å²) in [5.41, 5.74) is 7.13. The highest BCUT2D eigenvalue weighted by Crippen LogP contribution is 2.10. The lowest BCUT2D eigenvalue weighted by Gasteiger charge is -1.89. The number of nitrogens with zero attached hydrogens (tertiary/aromatic N) is 2. The van der Waals surface area contributed by atoms with Gasteiger partial charge >= 0.3 is 0 Å². The molecule has 0 aliphatic carbocycles. The van der Waals surface area contributed by atoms with Gasteiger partial charge in [-0.1, -0.05) is 12.1 Å². The maximum absolute atomic E-state index is 5.69. The molecule has 0 aromatic carbocycles. The Hall–Kier alpha value is -1.58. The first kappa shape index (κ1) is 9.51. The highest BCUT2D eigenvalue weighted by Gasteiger charge is 2.03. The van der Waals surface area contributed by atoms with Crippen LogP contribution in [0.3, 0.4) is 0 Å². The summed E-state index contributed by atoms with van der Waals surface area (Å²) < 4.78 is 5.01. The molecule has 0 radical (unpaired) electrons. The molecule has 0 amide bonds. The maximum Gasteiger partial charge on any atom is 0.182 e. The van der Waals surface area contributed by atoms with Gasteiger partial charge in [0.2, 0.25) is 0 Å². The molecule has 2 N–H and O–H groups in total. The fourth-order valence-corrected chi connectivity index (χ4v) is 0.851. The van der Waals surface area contributed by atoms with E-state index in [0.29, 0.717) is 11.5 Å². The molecule has 0 aliphatic rings. The Bertz CT molecular complexity index is 325. The summed E-state index contributed by atoms with van der Waals surface area (Å²) in [6.45, 7) is 2.01. The molecule has 0 saturated carbocycles. The predicted molar refractivity (Wildman–Crippen MR) is 52.5 cm³/mol. The summed E-state index contributed by atoms with van der Waals surface area (Å²) in [5.74, 6) is 0.594. The molecule has 0 saturated heterocycles. The van der Waals surface area contributed by atoms with Gasteiger partial charge in [0, 0.05) is 19.3 Å². The molecule has 13 heavy (non-hydrogen) atoms. The average Bonchev–Trinajstić information content (AvgIpc) is 2.62. The standard InChI is InChI=1S/C9H13N3O/c1-3-7-6-9(13-12-7)8(10)4-5-11-2/h4-6H,3,10H2,1-2H3/b8-4-,11-5?. The summed E-state index contributed by atoms with van der Waals surface area (Å²) >= 11 is 0. The van der Waals surface area contributed by atoms with E-state index >= 15 is 0 Å². The van der Waals surface area contributed by atoms with Crippen LogP contribution in [-0.4, -0.2) is 18.4 Å². The van der Waals surface area contributed by atoms with Gasteiger partial charge in [-0.2, -0.15) is 0 Å². The highest BCUT2D eigenvalue weighted by atomic mass is 16.5. The molecule has 0 unspecified atom stereocenters. The third-order valence-electron chi connectivity index (χ3n) is 1.61. The van der Waals surface area contributed by atoms with Gasteiger partial charge in [-0.15, -0.1) is 0 Å². The lowest BCUT2D eigenvalue weighted by molar-refractivity contribution is 0.403. The first-order chi connectivity index (χ1) is 6.27. The van der Waals surface area contributed by atoms with Crippen LogP contribution in [0.15, 0.2) is 21.7 Å². The van der Waals surface area contributed by atoms with E-state index in [9.17, 15) is 0 Å². The van der Waals surface area contributed by atoms with Gasteiger partial charge in [-0.05, 0) is 12.5 Å². The molecule has 0 aliphatic heterocycles. The van der Waals surface area contributed by atoms with E-state index in [1.807, 2.05) is 13.0 Å². The van der Waals surface area contributed by atoms with Crippen molar-refractivity contribution in [2.75, 3.05) is 7.05 Å². The Kier molecular flexibility index (Phi) is 3.25. The first-order valence-electron chi connectivity index (χ1n) is 4.11. The number of nitrogens with two attached hydrogens (primary N) is 1. The number of aryl methyl sites for hydroxylation is 1. The van der Waals surface area contributed by atoms with Crippen LogP contribution in [0.5, 0.6) is 0 Å². The zero-order valence-corrected chi connectivity index (χ0v) is 7.82. The Labute approximate surface area is 77.1 Å². The molecule has 4 nitrogen and oxygen atoms in total. The summed E-state index contributed by atoms with van der Waals surface area (Å²) in [4.78, 5) is 3.78. The molecule has 0 spiro atoms. The zero-order chi connectivity index (χ0) is 9.68. The maximum atomic E-state index is 5.69. The van der Waals surface area contributed by atoms with Crippen LogP contribution in [0.1, 0.15) is 18.4 Å². The number of allylic oxidation sites excluding steroid dienone is 1. The van der Waals surface area contributed by atoms with Crippen molar-refractivity contribution in [1.29, 1.82) is 0 Å². The Balaban J connectivity index is 2.82. The van der Waals surface area contributed by atoms with Crippen molar-refractivity contribution in [2.24, 2.45) is 10.7 Å². The average molecular weight is 179 g/mol. The normalized spacial score (nSPS) is 12.6. The van der Waals surface area contributed by atoms with Crippen molar-refractivity contribution in [3.63, 3.8) is 0 Å². The summed E-state index contributed by atoms with van der Waals surface area (Å²) in [7, 11) is 1.68. The molecule has 1 rings (SSSR count). The second-order valence-corrected chi connectivity index (χ2v) is 2.57. The minimum atomic E-state index is 0.540. The van der Waals surface area contributed by atoms with E-state index in [4.69, 9.17) is 10.3 Å². The smallest absolute Gasteiger partial charge is 0.182 e. The summed E-state index contributed by atoms with van der Waals surface area (Å²) in [6.07, 6.45) is 4.14. The van der Waals surface area contributed by atoms with Crippen LogP contribution in [0.2, 0.25) is 0 Å². The van der Waals surface area contributed by atoms with Gasteiger partial charge < -0.3 is 10.3 Å². The Morgan fingerprint density at radius 2 is 2.54 bits per heavy atom. The SMILES string of the molecule is CCc1cc(/C(N)=C/C=NC)on1. The van der Waals surface area contributed by atoms with Crippen LogP contribution < -0.4 is 5.73 Å². The van der Waals surface area contributed by atoms with E-state index in [-0.39, 0.29) is 0 Å². The molecule has 1 aromatic heterocycles. The molecule has 1 aromatic rings. The van der Waals surface area contributed by atoms with Gasteiger partial charge in [-0.25, -0.2) is 0 Å². The van der Waals surface area contributed by atoms with Crippen LogP contribution in [0, 0.1) is 0 Å². The second-order valence-electron chi connectivity index (χ2n) is 2.57. The van der Waals surface area contributed by atoms with Crippen LogP contribution in [-0.2, 0) is 6.42 Å². The fourth-order valence-electron chi connectivity index (χ4n) is 0.851. The van der Waals surface area contributed by atoms with Crippen LogP contribution in [0.4, 0.5) is 0 Å². The summed E-state index contributed by atoms with van der Waals surface area (Å²) in [6, 6.07) is 1.83. The minimum Gasteiger partial charge on any atom is -0.396 e. The molecular weight excluding hydrogens is 166 g/mol. The Morgan fingerprint density at radius 1 is 1.77 bits per heavy atom. The molecule has 70 valence electrons. The minimum absolute atomic E-state index is 0.540. The molecule has 0 bridgehead atoms. The topological polar surface area (TPSA) is 64.4 Å². The van der Waals surface area contributed by atoms with Crippen molar-refractivity contribution in [3.05, 3.63) is 23.6 Å². The predicted octanol–water partition coefficient (Wildman–Crippen LogP) is 1.24. The molecular formula is C9H13N3O. The number of aromatic nitrogens is 1. The van der Waals surface area contributed by atoms with Crippen molar-refractivity contribution in [3.8, 4) is 0 Å². The fraction of sp³-hybridized carbons (Fsp3) is 0.333. The Morgan fingerprint density at radius 3 is 3.08 bits per heavy atom. The van der Waals surface area contributed by atoms with E-state index in [2.05, 4.69) is 10.1 Å². The first-order valence-corrected chi connectivity index (χ1v) is 4.11. The largest absolute Gasteiger partial charge is 0.396 e. The van der Waals surface area contributed by atoms with Crippen LogP contribution in [0.25, 0.3) is 5.70 Å². The third-order valence-corrected chi connectivity index (χ3v) is 1.61. The van der Waals surface area contributed by atoms with E-state index in [1.165, 1.54) is 0 Å². The lowest BCUT2D eigenvalue weighted by Crippen LogP contribution is -1.94. The number of hydrogen-bond donors (Lipinski definition) is 1. The van der Waals surface area contributed by atoms with Crippen molar-refractivity contribution in [2.45, 2.75) is 13.3 Å². The van der Waals surface area contributed by atoms with Crippen molar-refractivity contribution in [1.82, 2.24) is 5.16 Å². The van der Waals surface area contributed by atoms with Gasteiger partial charge in [0.1, 0.15) is 0 Å². The molecule has 4 heteroatoms. The lowest BCUT2D eigenvalue weighted by atomic mass is 10.2. The monoisotopic (exact) mass is 179 g/mol. The van der Waals surface area contributed by atoms with E-state index in [0.717, 1.165) is 12.1 Å².